The molecule has 0 aliphatic carbocycles. The van der Waals surface area contributed by atoms with Crippen LogP contribution < -0.4 is 9.88 Å². The fraction of sp³-hybridized carbons (Fsp3) is 0.833. The number of hydrogen-bond acceptors (Lipinski definition) is 3. The van der Waals surface area contributed by atoms with Crippen molar-refractivity contribution in [2.45, 2.75) is 116 Å². The summed E-state index contributed by atoms with van der Waals surface area (Å²) >= 11 is 0. The van der Waals surface area contributed by atoms with Gasteiger partial charge in [-0.25, -0.2) is 9.13 Å². The van der Waals surface area contributed by atoms with Crippen molar-refractivity contribution in [2.24, 2.45) is 0 Å². The minimum Gasteiger partial charge on any atom is -0.356 e. The summed E-state index contributed by atoms with van der Waals surface area (Å²) in [5.74, 6) is -0.119. The standard InChI is InChI=1S/C24H45N3O4S/c1-2-3-4-5-6-7-8-9-10-11-12-13-17-25-24(28)16-14-18-26-20-21-27(23-26)19-15-22-32(29,30)31/h20-21,23H,2-19,22H2,1H3,(H-,25,28,29,30,31)/p+1. The maximum Gasteiger partial charge on any atom is 0.265 e. The summed E-state index contributed by atoms with van der Waals surface area (Å²) in [6, 6.07) is 0. The maximum atomic E-state index is 12.0. The second kappa shape index (κ2) is 18.1. The molecule has 1 aromatic rings. The first-order valence-electron chi connectivity index (χ1n) is 12.7. The van der Waals surface area contributed by atoms with Gasteiger partial charge in [-0.05, 0) is 12.8 Å². The van der Waals surface area contributed by atoms with Crippen LogP contribution in [-0.4, -0.2) is 35.7 Å². The molecule has 7 nitrogen and oxygen atoms in total. The molecule has 0 radical (unpaired) electrons. The van der Waals surface area contributed by atoms with Crippen LogP contribution in [0.1, 0.15) is 103 Å². The van der Waals surface area contributed by atoms with Crippen LogP contribution >= 0.6 is 0 Å². The SMILES string of the molecule is CCCCCCCCCCCCCCNC(=O)CCC[n+]1ccn(CCCS(=O)(=O)O)c1. The predicted molar refractivity (Wildman–Crippen MR) is 129 cm³/mol. The molecule has 0 atom stereocenters. The van der Waals surface area contributed by atoms with Crippen molar-refractivity contribution in [2.75, 3.05) is 12.3 Å². The fourth-order valence-corrected chi connectivity index (χ4v) is 4.33. The van der Waals surface area contributed by atoms with E-state index in [2.05, 4.69) is 12.2 Å². The Morgan fingerprint density at radius 3 is 2.09 bits per heavy atom. The van der Waals surface area contributed by atoms with Crippen LogP contribution in [0.5, 0.6) is 0 Å². The monoisotopic (exact) mass is 472 g/mol. The molecular weight excluding hydrogens is 426 g/mol. The molecule has 0 saturated heterocycles. The van der Waals surface area contributed by atoms with Gasteiger partial charge in [-0.1, -0.05) is 77.6 Å². The predicted octanol–water partition coefficient (Wildman–Crippen LogP) is 4.65. The molecule has 1 amide bonds. The van der Waals surface area contributed by atoms with Gasteiger partial charge >= 0.3 is 0 Å². The van der Waals surface area contributed by atoms with Crippen molar-refractivity contribution >= 4 is 16.0 Å². The summed E-state index contributed by atoms with van der Waals surface area (Å²) in [6.07, 6.45) is 23.2. The lowest BCUT2D eigenvalue weighted by atomic mass is 10.1. The van der Waals surface area contributed by atoms with Gasteiger partial charge in [-0.3, -0.25) is 9.35 Å². The normalized spacial score (nSPS) is 11.7. The lowest BCUT2D eigenvalue weighted by molar-refractivity contribution is -0.696. The number of carbonyl (C=O) groups excluding carboxylic acids is 1. The summed E-state index contributed by atoms with van der Waals surface area (Å²) in [7, 11) is -3.90. The van der Waals surface area contributed by atoms with Crippen molar-refractivity contribution < 1.29 is 22.3 Å². The zero-order chi connectivity index (χ0) is 23.5. The highest BCUT2D eigenvalue weighted by Gasteiger charge is 2.08. The number of imidazole rings is 1. The summed E-state index contributed by atoms with van der Waals surface area (Å²) in [4.78, 5) is 12.0. The number of nitrogens with one attached hydrogen (secondary N) is 1. The van der Waals surface area contributed by atoms with Gasteiger partial charge in [-0.15, -0.1) is 0 Å². The van der Waals surface area contributed by atoms with Crippen molar-refractivity contribution in [1.29, 1.82) is 0 Å². The fourth-order valence-electron chi connectivity index (χ4n) is 3.84. The molecule has 186 valence electrons. The number of aryl methyl sites for hydroxylation is 2. The largest absolute Gasteiger partial charge is 0.356 e. The third-order valence-electron chi connectivity index (χ3n) is 5.74. The third-order valence-corrected chi connectivity index (χ3v) is 6.54. The summed E-state index contributed by atoms with van der Waals surface area (Å²) < 4.78 is 34.1. The Labute approximate surface area is 195 Å². The number of amides is 1. The average Bonchev–Trinajstić information content (AvgIpc) is 3.18. The first-order chi connectivity index (χ1) is 15.4. The van der Waals surface area contributed by atoms with E-state index in [1.54, 1.807) is 0 Å². The molecule has 0 aromatic carbocycles. The van der Waals surface area contributed by atoms with E-state index in [-0.39, 0.29) is 11.7 Å². The highest BCUT2D eigenvalue weighted by molar-refractivity contribution is 7.85. The van der Waals surface area contributed by atoms with Crippen LogP contribution in [0.25, 0.3) is 0 Å². The highest BCUT2D eigenvalue weighted by atomic mass is 32.2. The van der Waals surface area contributed by atoms with Gasteiger partial charge in [0.2, 0.25) is 12.2 Å². The van der Waals surface area contributed by atoms with Gasteiger partial charge in [0.1, 0.15) is 12.4 Å². The van der Waals surface area contributed by atoms with Crippen molar-refractivity contribution in [1.82, 2.24) is 9.88 Å². The highest BCUT2D eigenvalue weighted by Crippen LogP contribution is 2.11. The van der Waals surface area contributed by atoms with Crippen LogP contribution in [0.15, 0.2) is 18.7 Å². The third kappa shape index (κ3) is 17.2. The van der Waals surface area contributed by atoms with Crippen LogP contribution in [0, 0.1) is 0 Å². The minimum atomic E-state index is -3.90. The van der Waals surface area contributed by atoms with Gasteiger partial charge in [-0.2, -0.15) is 8.42 Å². The molecule has 32 heavy (non-hydrogen) atoms. The van der Waals surface area contributed by atoms with E-state index in [0.29, 0.717) is 19.4 Å². The number of aromatic nitrogens is 2. The smallest absolute Gasteiger partial charge is 0.265 e. The van der Waals surface area contributed by atoms with E-state index in [1.165, 1.54) is 70.6 Å². The van der Waals surface area contributed by atoms with Crippen molar-refractivity contribution in [3.05, 3.63) is 18.7 Å². The molecule has 0 saturated carbocycles. The van der Waals surface area contributed by atoms with E-state index in [1.807, 2.05) is 27.9 Å². The molecule has 0 spiro atoms. The molecule has 8 heteroatoms. The van der Waals surface area contributed by atoms with Crippen LogP contribution in [0.4, 0.5) is 0 Å². The van der Waals surface area contributed by atoms with Crippen LogP contribution in [0.3, 0.4) is 0 Å². The lowest BCUT2D eigenvalue weighted by Gasteiger charge is -2.05. The summed E-state index contributed by atoms with van der Waals surface area (Å²) in [6.45, 7) is 4.31. The van der Waals surface area contributed by atoms with E-state index in [4.69, 9.17) is 4.55 Å². The maximum absolute atomic E-state index is 12.0. The summed E-state index contributed by atoms with van der Waals surface area (Å²) in [5.41, 5.74) is 0. The zero-order valence-electron chi connectivity index (χ0n) is 20.1. The molecule has 1 rings (SSSR count). The van der Waals surface area contributed by atoms with Gasteiger partial charge < -0.3 is 5.32 Å². The van der Waals surface area contributed by atoms with Gasteiger partial charge in [0, 0.05) is 19.4 Å². The molecule has 0 unspecified atom stereocenters. The van der Waals surface area contributed by atoms with E-state index in [9.17, 15) is 13.2 Å². The number of rotatable bonds is 21. The Morgan fingerprint density at radius 1 is 0.906 bits per heavy atom. The Balaban J connectivity index is 1.92. The molecule has 0 bridgehead atoms. The average molecular weight is 473 g/mol. The molecule has 0 aliphatic rings. The van der Waals surface area contributed by atoms with Crippen molar-refractivity contribution in [3.8, 4) is 0 Å². The molecular formula is C24H46N3O4S+. The molecule has 1 aromatic heterocycles. The number of nitrogens with zero attached hydrogens (tertiary/aromatic N) is 2. The van der Waals surface area contributed by atoms with Crippen LogP contribution in [-0.2, 0) is 28.0 Å². The second-order valence-corrected chi connectivity index (χ2v) is 10.4. The van der Waals surface area contributed by atoms with Gasteiger partial charge in [0.05, 0.1) is 18.8 Å². The first-order valence-corrected chi connectivity index (χ1v) is 14.3. The number of hydrogen-bond donors (Lipinski definition) is 2. The second-order valence-electron chi connectivity index (χ2n) is 8.87. The lowest BCUT2D eigenvalue weighted by Crippen LogP contribution is -2.32. The minimum absolute atomic E-state index is 0.112. The summed E-state index contributed by atoms with van der Waals surface area (Å²) in [5, 5.41) is 3.02. The van der Waals surface area contributed by atoms with Crippen molar-refractivity contribution in [3.63, 3.8) is 0 Å². The molecule has 0 aliphatic heterocycles. The van der Waals surface area contributed by atoms with Gasteiger partial charge in [0.25, 0.3) is 10.1 Å². The Bertz CT molecular complexity index is 704. The molecule has 0 fully saturated rings. The Kier molecular flexibility index (Phi) is 16.2. The zero-order valence-corrected chi connectivity index (χ0v) is 21.0. The first kappa shape index (κ1) is 28.6. The Morgan fingerprint density at radius 2 is 1.50 bits per heavy atom. The van der Waals surface area contributed by atoms with E-state index >= 15 is 0 Å². The topological polar surface area (TPSA) is 92.3 Å². The van der Waals surface area contributed by atoms with E-state index in [0.717, 1.165) is 25.9 Å². The van der Waals surface area contributed by atoms with Crippen LogP contribution in [0.2, 0.25) is 0 Å². The van der Waals surface area contributed by atoms with Gasteiger partial charge in [0.15, 0.2) is 0 Å². The quantitative estimate of drug-likeness (QED) is 0.155. The van der Waals surface area contributed by atoms with E-state index < -0.39 is 10.1 Å². The number of unbranched alkanes of at least 4 members (excludes halogenated alkanes) is 11. The molecule has 2 N–H and O–H groups in total. The molecule has 1 heterocycles. The number of carbonyl (C=O) groups is 1. The Hall–Kier alpha value is -1.41.